The minimum absolute atomic E-state index is 0.0292. The van der Waals surface area contributed by atoms with Crippen molar-refractivity contribution in [3.8, 4) is 0 Å². The van der Waals surface area contributed by atoms with Crippen molar-refractivity contribution in [1.29, 1.82) is 0 Å². The number of allylic oxidation sites excluding steroid dienone is 3. The fourth-order valence-corrected chi connectivity index (χ4v) is 8.38. The smallest absolute Gasteiger partial charge is 0.211 e. The van der Waals surface area contributed by atoms with Crippen LogP contribution in [-0.4, -0.2) is 46.2 Å². The number of hydroxylamine groups is 1. The van der Waals surface area contributed by atoms with Gasteiger partial charge < -0.3 is 21.7 Å². The molecule has 0 amide bonds. The Kier molecular flexibility index (Phi) is 7.37. The summed E-state index contributed by atoms with van der Waals surface area (Å²) in [5, 5.41) is 27.9. The van der Waals surface area contributed by atoms with E-state index >= 15 is 0 Å². The molecule has 0 aliphatic heterocycles. The Hall–Kier alpha value is -1.57. The van der Waals surface area contributed by atoms with Crippen molar-refractivity contribution in [3.63, 3.8) is 0 Å². The lowest BCUT2D eigenvalue weighted by Gasteiger charge is -2.63. The summed E-state index contributed by atoms with van der Waals surface area (Å²) in [6, 6.07) is 0. The zero-order valence-electron chi connectivity index (χ0n) is 21.3. The number of fused-ring (bicyclic) bond motifs is 5. The summed E-state index contributed by atoms with van der Waals surface area (Å²) in [5.74, 6) is 1.93. The molecule has 0 bridgehead atoms. The maximum absolute atomic E-state index is 12.2. The van der Waals surface area contributed by atoms with Crippen LogP contribution in [0.4, 0.5) is 0 Å². The Morgan fingerprint density at radius 3 is 2.59 bits per heavy atom. The first-order valence-electron chi connectivity index (χ1n) is 13.4. The number of aliphatic hydroxyl groups excluding tert-OH is 1. The minimum Gasteiger partial charge on any atom is -0.393 e. The Bertz CT molecular complexity index is 812. The fourth-order valence-electron chi connectivity index (χ4n) is 8.38. The summed E-state index contributed by atoms with van der Waals surface area (Å²) in [6.45, 7) is 7.64. The SMILES string of the molecule is CCON(C/C=C/C=C/[C@H]1CC[C@]2(O)[C@@H]3CC[C@@H]4C[C@@H](O)CC[C@]4(C)[C@H]3CC[C@]12C)N=C(N)N. The highest BCUT2D eigenvalue weighted by Gasteiger charge is 2.66. The van der Waals surface area contributed by atoms with E-state index in [0.717, 1.165) is 51.4 Å². The quantitative estimate of drug-likeness (QED) is 0.194. The summed E-state index contributed by atoms with van der Waals surface area (Å²) in [6.07, 6.45) is 17.7. The third-order valence-electron chi connectivity index (χ3n) is 10.3. The van der Waals surface area contributed by atoms with Crippen LogP contribution in [0.2, 0.25) is 0 Å². The molecule has 0 spiro atoms. The lowest BCUT2D eigenvalue weighted by Crippen LogP contribution is -2.62. The zero-order valence-corrected chi connectivity index (χ0v) is 21.3. The Labute approximate surface area is 205 Å². The van der Waals surface area contributed by atoms with Crippen LogP contribution in [-0.2, 0) is 4.84 Å². The van der Waals surface area contributed by atoms with Gasteiger partial charge in [-0.25, -0.2) is 0 Å². The topological polar surface area (TPSA) is 117 Å². The number of hydrogen-bond acceptors (Lipinski definition) is 5. The Balaban J connectivity index is 1.43. The van der Waals surface area contributed by atoms with E-state index in [9.17, 15) is 10.2 Å². The summed E-state index contributed by atoms with van der Waals surface area (Å²) in [7, 11) is 0. The molecule has 0 saturated heterocycles. The Morgan fingerprint density at radius 1 is 1.06 bits per heavy atom. The normalized spacial score (nSPS) is 44.0. The lowest BCUT2D eigenvalue weighted by atomic mass is 9.43. The van der Waals surface area contributed by atoms with E-state index in [2.05, 4.69) is 31.1 Å². The molecule has 0 unspecified atom stereocenters. The molecular formula is C27H46N4O3. The molecule has 192 valence electrons. The van der Waals surface area contributed by atoms with Crippen LogP contribution in [0.5, 0.6) is 0 Å². The molecule has 4 rings (SSSR count). The maximum Gasteiger partial charge on any atom is 0.211 e. The van der Waals surface area contributed by atoms with Gasteiger partial charge in [-0.3, -0.25) is 4.84 Å². The van der Waals surface area contributed by atoms with E-state index in [4.69, 9.17) is 16.3 Å². The number of rotatable bonds is 7. The molecule has 0 aromatic rings. The van der Waals surface area contributed by atoms with Crippen molar-refractivity contribution in [3.05, 3.63) is 24.3 Å². The zero-order chi connectivity index (χ0) is 24.6. The molecule has 7 heteroatoms. The monoisotopic (exact) mass is 474 g/mol. The van der Waals surface area contributed by atoms with E-state index < -0.39 is 5.60 Å². The summed E-state index contributed by atoms with van der Waals surface area (Å²) in [4.78, 5) is 5.40. The van der Waals surface area contributed by atoms with Crippen LogP contribution in [0, 0.1) is 34.5 Å². The first-order valence-corrected chi connectivity index (χ1v) is 13.4. The first-order chi connectivity index (χ1) is 16.1. The predicted octanol–water partition coefficient (Wildman–Crippen LogP) is 3.68. The van der Waals surface area contributed by atoms with Crippen LogP contribution in [0.3, 0.4) is 0 Å². The highest BCUT2D eigenvalue weighted by Crippen LogP contribution is 2.69. The van der Waals surface area contributed by atoms with Gasteiger partial charge in [0, 0.05) is 5.41 Å². The van der Waals surface area contributed by atoms with E-state index in [0.29, 0.717) is 36.8 Å². The molecular weight excluding hydrogens is 428 g/mol. The first kappa shape index (κ1) is 25.5. The van der Waals surface area contributed by atoms with Gasteiger partial charge in [0.05, 0.1) is 24.9 Å². The van der Waals surface area contributed by atoms with Gasteiger partial charge in [0.15, 0.2) is 0 Å². The summed E-state index contributed by atoms with van der Waals surface area (Å²) in [5.41, 5.74) is 10.5. The van der Waals surface area contributed by atoms with Crippen molar-refractivity contribution < 1.29 is 15.1 Å². The van der Waals surface area contributed by atoms with Gasteiger partial charge in [-0.15, -0.1) is 5.10 Å². The number of nitrogens with zero attached hydrogens (tertiary/aromatic N) is 2. The van der Waals surface area contributed by atoms with Crippen molar-refractivity contribution in [2.45, 2.75) is 90.3 Å². The number of hydrazone groups is 1. The highest BCUT2D eigenvalue weighted by molar-refractivity contribution is 5.75. The molecule has 8 atom stereocenters. The fraction of sp³-hybridized carbons (Fsp3) is 0.815. The molecule has 6 N–H and O–H groups in total. The second kappa shape index (κ2) is 9.82. The van der Waals surface area contributed by atoms with E-state index in [1.54, 1.807) is 0 Å². The number of guanidine groups is 1. The van der Waals surface area contributed by atoms with E-state index in [1.807, 2.05) is 19.1 Å². The van der Waals surface area contributed by atoms with Gasteiger partial charge in [-0.1, -0.05) is 38.2 Å². The van der Waals surface area contributed by atoms with Crippen molar-refractivity contribution >= 4 is 5.96 Å². The third-order valence-corrected chi connectivity index (χ3v) is 10.3. The summed E-state index contributed by atoms with van der Waals surface area (Å²) >= 11 is 0. The van der Waals surface area contributed by atoms with Gasteiger partial charge in [-0.2, -0.15) is 5.17 Å². The number of nitrogens with two attached hydrogens (primary N) is 2. The molecule has 4 aliphatic rings. The maximum atomic E-state index is 12.2. The second-order valence-electron chi connectivity index (χ2n) is 11.7. The van der Waals surface area contributed by atoms with Gasteiger partial charge in [0.25, 0.3) is 0 Å². The Morgan fingerprint density at radius 2 is 1.85 bits per heavy atom. The molecule has 0 aromatic heterocycles. The molecule has 4 saturated carbocycles. The van der Waals surface area contributed by atoms with E-state index in [1.165, 1.54) is 11.6 Å². The molecule has 7 nitrogen and oxygen atoms in total. The standard InChI is InChI=1S/C27H46N4O3/c1-4-34-31(30-24(28)29)17-7-5-6-8-19-11-16-27(33)23-10-9-20-18-21(32)12-14-25(20,2)22(23)13-15-26(19,27)3/h5-8,19-23,32-33H,4,9-18H2,1-3H3,(H4,28,29,30)/b7-5+,8-6+/t19-,20+,21-,22-,23+,25-,26+,27-/m0/s1. The average Bonchev–Trinajstić information content (AvgIpc) is 3.04. The van der Waals surface area contributed by atoms with Crippen LogP contribution >= 0.6 is 0 Å². The number of hydrogen-bond donors (Lipinski definition) is 4. The predicted molar refractivity (Wildman–Crippen MR) is 135 cm³/mol. The third kappa shape index (κ3) is 4.40. The van der Waals surface area contributed by atoms with Gasteiger partial charge in [-0.05, 0) is 93.8 Å². The lowest BCUT2D eigenvalue weighted by molar-refractivity contribution is -0.207. The average molecular weight is 475 g/mol. The summed E-state index contributed by atoms with van der Waals surface area (Å²) < 4.78 is 0. The minimum atomic E-state index is -0.586. The van der Waals surface area contributed by atoms with Gasteiger partial charge >= 0.3 is 0 Å². The molecule has 4 aliphatic carbocycles. The van der Waals surface area contributed by atoms with Crippen LogP contribution in [0.1, 0.15) is 78.6 Å². The molecule has 34 heavy (non-hydrogen) atoms. The molecule has 0 aromatic carbocycles. The number of aliphatic hydroxyl groups is 2. The second-order valence-corrected chi connectivity index (χ2v) is 11.7. The van der Waals surface area contributed by atoms with E-state index in [-0.39, 0.29) is 22.9 Å². The highest BCUT2D eigenvalue weighted by atomic mass is 16.7. The molecule has 4 fully saturated rings. The largest absolute Gasteiger partial charge is 0.393 e. The van der Waals surface area contributed by atoms with Gasteiger partial charge in [0.1, 0.15) is 0 Å². The molecule has 0 radical (unpaired) electrons. The van der Waals surface area contributed by atoms with Crippen LogP contribution in [0.15, 0.2) is 29.4 Å². The van der Waals surface area contributed by atoms with Crippen LogP contribution in [0.25, 0.3) is 0 Å². The van der Waals surface area contributed by atoms with Crippen molar-refractivity contribution in [2.24, 2.45) is 51.1 Å². The van der Waals surface area contributed by atoms with Crippen LogP contribution < -0.4 is 11.5 Å². The van der Waals surface area contributed by atoms with Crippen molar-refractivity contribution in [1.82, 2.24) is 5.17 Å². The van der Waals surface area contributed by atoms with Gasteiger partial charge in [0.2, 0.25) is 5.96 Å². The van der Waals surface area contributed by atoms with Crippen molar-refractivity contribution in [2.75, 3.05) is 13.2 Å². The molecule has 0 heterocycles.